The monoisotopic (exact) mass is 413 g/mol. The zero-order valence-corrected chi connectivity index (χ0v) is 17.9. The summed E-state index contributed by atoms with van der Waals surface area (Å²) < 4.78 is 5.02. The molecule has 2 aromatic heterocycles. The van der Waals surface area contributed by atoms with Crippen LogP contribution in [0.2, 0.25) is 0 Å². The van der Waals surface area contributed by atoms with Crippen molar-refractivity contribution in [1.82, 2.24) is 26.1 Å². The fourth-order valence-electron chi connectivity index (χ4n) is 2.27. The Balaban J connectivity index is 1.92. The van der Waals surface area contributed by atoms with Gasteiger partial charge < -0.3 is 10.1 Å². The van der Waals surface area contributed by atoms with Crippen molar-refractivity contribution in [2.45, 2.75) is 38.8 Å². The number of ether oxygens (including phenoxy) is 1. The van der Waals surface area contributed by atoms with Crippen molar-refractivity contribution in [2.75, 3.05) is 19.5 Å². The van der Waals surface area contributed by atoms with Crippen LogP contribution in [0.25, 0.3) is 10.2 Å². The molecule has 1 amide bonds. The molecule has 0 aromatic carbocycles. The number of hydrazine groups is 1. The minimum absolute atomic E-state index is 0.0494. The number of thiocarbonyl (C=S) groups is 1. The fourth-order valence-corrected chi connectivity index (χ4v) is 4.59. The van der Waals surface area contributed by atoms with Crippen LogP contribution in [0, 0.1) is 20.8 Å². The highest BCUT2D eigenvalue weighted by atomic mass is 32.2. The molecule has 26 heavy (non-hydrogen) atoms. The molecule has 7 nitrogen and oxygen atoms in total. The molecule has 10 heteroatoms. The van der Waals surface area contributed by atoms with Crippen LogP contribution in [0.4, 0.5) is 0 Å². The van der Waals surface area contributed by atoms with E-state index in [1.54, 1.807) is 18.4 Å². The van der Waals surface area contributed by atoms with Gasteiger partial charge in [0.15, 0.2) is 5.11 Å². The Kier molecular flexibility index (Phi) is 7.56. The number of nitrogens with zero attached hydrogens (tertiary/aromatic N) is 2. The number of rotatable bonds is 6. The minimum Gasteiger partial charge on any atom is -0.383 e. The van der Waals surface area contributed by atoms with Gasteiger partial charge in [0.1, 0.15) is 15.7 Å². The van der Waals surface area contributed by atoms with Crippen molar-refractivity contribution in [2.24, 2.45) is 0 Å². The lowest BCUT2D eigenvalue weighted by Crippen LogP contribution is -2.50. The van der Waals surface area contributed by atoms with Gasteiger partial charge in [0.2, 0.25) is 5.91 Å². The van der Waals surface area contributed by atoms with Crippen LogP contribution in [0.1, 0.15) is 23.2 Å². The number of carbonyl (C=O) groups excluding carboxylic acids is 1. The van der Waals surface area contributed by atoms with Crippen LogP contribution in [0.15, 0.2) is 5.03 Å². The van der Waals surface area contributed by atoms with Gasteiger partial charge in [-0.25, -0.2) is 9.97 Å². The van der Waals surface area contributed by atoms with Gasteiger partial charge in [-0.2, -0.15) is 0 Å². The summed E-state index contributed by atoms with van der Waals surface area (Å²) in [5, 5.41) is 5.22. The van der Waals surface area contributed by atoms with Crippen molar-refractivity contribution >= 4 is 56.6 Å². The molecule has 0 spiro atoms. The number of methoxy groups -OCH3 is 1. The predicted octanol–water partition coefficient (Wildman–Crippen LogP) is 2.24. The van der Waals surface area contributed by atoms with E-state index in [1.165, 1.54) is 22.2 Å². The largest absolute Gasteiger partial charge is 0.383 e. The summed E-state index contributed by atoms with van der Waals surface area (Å²) in [6.45, 7) is 8.45. The average molecular weight is 414 g/mol. The number of aryl methyl sites for hydroxylation is 3. The number of carbonyl (C=O) groups is 1. The summed E-state index contributed by atoms with van der Waals surface area (Å²) in [4.78, 5) is 23.3. The Morgan fingerprint density at radius 3 is 2.73 bits per heavy atom. The van der Waals surface area contributed by atoms with Crippen molar-refractivity contribution in [3.63, 3.8) is 0 Å². The summed E-state index contributed by atoms with van der Waals surface area (Å²) in [7, 11) is 1.62. The molecule has 2 aromatic rings. The van der Waals surface area contributed by atoms with Gasteiger partial charge in [0, 0.05) is 23.4 Å². The highest BCUT2D eigenvalue weighted by molar-refractivity contribution is 8.00. The lowest BCUT2D eigenvalue weighted by Gasteiger charge is -2.16. The Bertz CT molecular complexity index is 809. The summed E-state index contributed by atoms with van der Waals surface area (Å²) in [5.41, 5.74) is 6.45. The molecule has 1 atom stereocenters. The highest BCUT2D eigenvalue weighted by Crippen LogP contribution is 2.34. The molecule has 0 bridgehead atoms. The van der Waals surface area contributed by atoms with Crippen LogP contribution in [-0.4, -0.2) is 46.5 Å². The second-order valence-electron chi connectivity index (χ2n) is 5.83. The number of thiophene rings is 1. The molecule has 0 saturated heterocycles. The third-order valence-electron chi connectivity index (χ3n) is 3.56. The number of thioether (sulfide) groups is 1. The zero-order valence-electron chi connectivity index (χ0n) is 15.4. The van der Waals surface area contributed by atoms with E-state index in [0.29, 0.717) is 17.5 Å². The number of amides is 1. The molecule has 0 aliphatic carbocycles. The van der Waals surface area contributed by atoms with Gasteiger partial charge in [-0.15, -0.1) is 11.3 Å². The summed E-state index contributed by atoms with van der Waals surface area (Å²) in [6.07, 6.45) is 0. The molecule has 0 fully saturated rings. The number of aromatic nitrogens is 2. The summed E-state index contributed by atoms with van der Waals surface area (Å²) in [6, 6.07) is 0.0494. The number of hydrogen-bond acceptors (Lipinski definition) is 7. The van der Waals surface area contributed by atoms with Gasteiger partial charge in [-0.1, -0.05) is 11.8 Å². The Morgan fingerprint density at radius 2 is 2.04 bits per heavy atom. The molecule has 0 radical (unpaired) electrons. The third-order valence-corrected chi connectivity index (χ3v) is 5.85. The van der Waals surface area contributed by atoms with E-state index in [-0.39, 0.29) is 17.7 Å². The molecule has 142 valence electrons. The topological polar surface area (TPSA) is 88.2 Å². The zero-order chi connectivity index (χ0) is 19.3. The fraction of sp³-hybridized carbons (Fsp3) is 0.500. The molecule has 3 N–H and O–H groups in total. The van der Waals surface area contributed by atoms with E-state index in [1.807, 2.05) is 13.8 Å². The average Bonchev–Trinajstić information content (AvgIpc) is 2.85. The molecule has 0 unspecified atom stereocenters. The molecule has 0 aliphatic heterocycles. The summed E-state index contributed by atoms with van der Waals surface area (Å²) >= 11 is 8.17. The first-order valence-electron chi connectivity index (χ1n) is 8.03. The minimum atomic E-state index is -0.187. The van der Waals surface area contributed by atoms with Gasteiger partial charge in [0.05, 0.1) is 12.4 Å². The first-order valence-corrected chi connectivity index (χ1v) is 10.2. The maximum atomic E-state index is 12.1. The normalized spacial score (nSPS) is 12.0. The van der Waals surface area contributed by atoms with Crippen LogP contribution in [0.3, 0.4) is 0 Å². The third kappa shape index (κ3) is 5.50. The second-order valence-corrected chi connectivity index (χ2v) is 8.41. The smallest absolute Gasteiger partial charge is 0.248 e. The molecule has 0 aliphatic rings. The summed E-state index contributed by atoms with van der Waals surface area (Å²) in [5.74, 6) is 0.744. The van der Waals surface area contributed by atoms with Crippen LogP contribution < -0.4 is 16.2 Å². The Labute approximate surface area is 166 Å². The maximum Gasteiger partial charge on any atom is 0.248 e. The van der Waals surface area contributed by atoms with E-state index >= 15 is 0 Å². The molecular weight excluding hydrogens is 390 g/mol. The number of hydrogen-bond donors (Lipinski definition) is 3. The molecule has 2 rings (SSSR count). The van der Waals surface area contributed by atoms with E-state index in [4.69, 9.17) is 17.0 Å². The SMILES string of the molecule is COC[C@H](C)NC(=S)NNC(=O)CSc1nc(C)nc2sc(C)c(C)c12. The van der Waals surface area contributed by atoms with Crippen molar-refractivity contribution < 1.29 is 9.53 Å². The van der Waals surface area contributed by atoms with Crippen molar-refractivity contribution in [1.29, 1.82) is 0 Å². The van der Waals surface area contributed by atoms with Gasteiger partial charge in [-0.05, 0) is 45.5 Å². The Morgan fingerprint density at radius 1 is 1.31 bits per heavy atom. The van der Waals surface area contributed by atoms with Crippen molar-refractivity contribution in [3.8, 4) is 0 Å². The molecule has 2 heterocycles. The second kappa shape index (κ2) is 9.45. The predicted molar refractivity (Wildman–Crippen MR) is 111 cm³/mol. The first-order chi connectivity index (χ1) is 12.3. The number of nitrogens with one attached hydrogen (secondary N) is 3. The highest BCUT2D eigenvalue weighted by Gasteiger charge is 2.15. The maximum absolute atomic E-state index is 12.1. The standard InChI is InChI=1S/C16H23N5O2S3/c1-8(6-23-5)17-16(24)21-20-12(22)7-25-14-13-9(2)10(3)26-15(13)19-11(4)18-14/h8H,6-7H2,1-5H3,(H,20,22)(H2,17,21,24)/t8-/m0/s1. The van der Waals surface area contributed by atoms with Gasteiger partial charge >= 0.3 is 0 Å². The lowest BCUT2D eigenvalue weighted by molar-refractivity contribution is -0.119. The van der Waals surface area contributed by atoms with Crippen molar-refractivity contribution in [3.05, 3.63) is 16.3 Å². The van der Waals surface area contributed by atoms with Gasteiger partial charge in [-0.3, -0.25) is 15.6 Å². The van der Waals surface area contributed by atoms with Crippen LogP contribution in [0.5, 0.6) is 0 Å². The Hall–Kier alpha value is -1.49. The van der Waals surface area contributed by atoms with E-state index in [9.17, 15) is 4.79 Å². The quantitative estimate of drug-likeness (QED) is 0.288. The van der Waals surface area contributed by atoms with Gasteiger partial charge in [0.25, 0.3) is 0 Å². The van der Waals surface area contributed by atoms with E-state index < -0.39 is 0 Å². The van der Waals surface area contributed by atoms with E-state index in [0.717, 1.165) is 15.2 Å². The molecular formula is C16H23N5O2S3. The first kappa shape index (κ1) is 20.8. The lowest BCUT2D eigenvalue weighted by atomic mass is 10.2. The number of fused-ring (bicyclic) bond motifs is 1. The van der Waals surface area contributed by atoms with Crippen LogP contribution >= 0.6 is 35.3 Å². The molecule has 0 saturated carbocycles. The van der Waals surface area contributed by atoms with Crippen LogP contribution in [-0.2, 0) is 9.53 Å². The van der Waals surface area contributed by atoms with E-state index in [2.05, 4.69) is 40.0 Å².